The molecule has 0 saturated carbocycles. The standard InChI is InChI=1S/C28H18O5/c29-25-16-20(26-21-11-5-4-8-18(21)14-15-24(26)33-25)17-32-28(31)23-13-7-6-12-22(23)27(30)19-9-2-1-3-10-19/h1-16H,17H2. The second kappa shape index (κ2) is 8.55. The first-order valence-corrected chi connectivity index (χ1v) is 10.4. The zero-order valence-corrected chi connectivity index (χ0v) is 17.5. The third kappa shape index (κ3) is 3.92. The second-order valence-corrected chi connectivity index (χ2v) is 7.57. The van der Waals surface area contributed by atoms with Crippen LogP contribution in [-0.4, -0.2) is 11.8 Å². The molecule has 0 atom stereocenters. The lowest BCUT2D eigenvalue weighted by atomic mass is 9.98. The van der Waals surface area contributed by atoms with Crippen molar-refractivity contribution in [3.05, 3.63) is 130 Å². The monoisotopic (exact) mass is 434 g/mol. The number of ether oxygens (including phenoxy) is 1. The van der Waals surface area contributed by atoms with Crippen molar-refractivity contribution >= 4 is 33.5 Å². The molecular weight excluding hydrogens is 416 g/mol. The Labute approximate surface area is 188 Å². The minimum absolute atomic E-state index is 0.136. The third-order valence-electron chi connectivity index (χ3n) is 5.50. The second-order valence-electron chi connectivity index (χ2n) is 7.57. The van der Waals surface area contributed by atoms with Crippen LogP contribution in [-0.2, 0) is 11.3 Å². The van der Waals surface area contributed by atoms with Crippen LogP contribution in [0.2, 0.25) is 0 Å². The van der Waals surface area contributed by atoms with Crippen molar-refractivity contribution < 1.29 is 18.7 Å². The van der Waals surface area contributed by atoms with Gasteiger partial charge in [0, 0.05) is 28.1 Å². The van der Waals surface area contributed by atoms with Crippen LogP contribution in [0.4, 0.5) is 0 Å². The molecule has 0 aliphatic rings. The number of benzene rings is 4. The van der Waals surface area contributed by atoms with E-state index in [9.17, 15) is 14.4 Å². The van der Waals surface area contributed by atoms with Crippen molar-refractivity contribution in [1.29, 1.82) is 0 Å². The van der Waals surface area contributed by atoms with E-state index in [1.807, 2.05) is 36.4 Å². The van der Waals surface area contributed by atoms with Crippen LogP contribution in [0.15, 0.2) is 106 Å². The van der Waals surface area contributed by atoms with Crippen molar-refractivity contribution in [2.45, 2.75) is 6.61 Å². The number of hydrogen-bond donors (Lipinski definition) is 0. The molecule has 1 heterocycles. The first-order valence-electron chi connectivity index (χ1n) is 10.4. The van der Waals surface area contributed by atoms with E-state index in [2.05, 4.69) is 0 Å². The molecule has 0 N–H and O–H groups in total. The summed E-state index contributed by atoms with van der Waals surface area (Å²) in [6, 6.07) is 28.0. The summed E-state index contributed by atoms with van der Waals surface area (Å²) in [5, 5.41) is 2.59. The summed E-state index contributed by atoms with van der Waals surface area (Å²) in [7, 11) is 0. The van der Waals surface area contributed by atoms with E-state index in [4.69, 9.17) is 9.15 Å². The number of fused-ring (bicyclic) bond motifs is 3. The Bertz CT molecular complexity index is 1560. The number of carbonyl (C=O) groups excluding carboxylic acids is 2. The number of rotatable bonds is 5. The van der Waals surface area contributed by atoms with Crippen LogP contribution >= 0.6 is 0 Å². The van der Waals surface area contributed by atoms with E-state index in [-0.39, 0.29) is 23.5 Å². The number of esters is 1. The molecule has 0 saturated heterocycles. The summed E-state index contributed by atoms with van der Waals surface area (Å²) in [4.78, 5) is 38.0. The molecule has 0 radical (unpaired) electrons. The molecule has 0 amide bonds. The van der Waals surface area contributed by atoms with E-state index < -0.39 is 11.6 Å². The minimum atomic E-state index is -0.642. The van der Waals surface area contributed by atoms with Gasteiger partial charge < -0.3 is 9.15 Å². The van der Waals surface area contributed by atoms with Gasteiger partial charge >= 0.3 is 11.6 Å². The van der Waals surface area contributed by atoms with Crippen LogP contribution in [0.1, 0.15) is 31.8 Å². The quantitative estimate of drug-likeness (QED) is 0.157. The van der Waals surface area contributed by atoms with Gasteiger partial charge in [-0.25, -0.2) is 9.59 Å². The van der Waals surface area contributed by atoms with Gasteiger partial charge in [-0.2, -0.15) is 0 Å². The highest BCUT2D eigenvalue weighted by molar-refractivity contribution is 6.14. The average molecular weight is 434 g/mol. The van der Waals surface area contributed by atoms with Crippen LogP contribution in [0, 0.1) is 0 Å². The molecule has 1 aromatic heterocycles. The fourth-order valence-electron chi connectivity index (χ4n) is 3.96. The Hall–Kier alpha value is -4.51. The van der Waals surface area contributed by atoms with Crippen LogP contribution in [0.3, 0.4) is 0 Å². The predicted octanol–water partition coefficient (Wildman–Crippen LogP) is 5.53. The van der Waals surface area contributed by atoms with Crippen molar-refractivity contribution in [3.63, 3.8) is 0 Å². The van der Waals surface area contributed by atoms with Gasteiger partial charge in [-0.1, -0.05) is 78.9 Å². The minimum Gasteiger partial charge on any atom is -0.457 e. The lowest BCUT2D eigenvalue weighted by Crippen LogP contribution is -2.13. The van der Waals surface area contributed by atoms with Gasteiger partial charge in [-0.3, -0.25) is 4.79 Å². The maximum absolute atomic E-state index is 13.0. The highest BCUT2D eigenvalue weighted by Gasteiger charge is 2.20. The summed E-state index contributed by atoms with van der Waals surface area (Å²) >= 11 is 0. The molecule has 5 nitrogen and oxygen atoms in total. The molecule has 0 unspecified atom stereocenters. The van der Waals surface area contributed by atoms with E-state index in [1.165, 1.54) is 6.07 Å². The lowest BCUT2D eigenvalue weighted by molar-refractivity contribution is 0.0471. The van der Waals surface area contributed by atoms with Gasteiger partial charge in [0.05, 0.1) is 5.56 Å². The SMILES string of the molecule is O=C(OCc1cc(=O)oc2ccc3ccccc3c12)c1ccccc1C(=O)c1ccccc1. The zero-order chi connectivity index (χ0) is 22.8. The van der Waals surface area contributed by atoms with Gasteiger partial charge in [0.2, 0.25) is 0 Å². The molecule has 160 valence electrons. The largest absolute Gasteiger partial charge is 0.457 e. The summed E-state index contributed by atoms with van der Waals surface area (Å²) in [5.41, 5.74) is 1.35. The number of carbonyl (C=O) groups is 2. The fraction of sp³-hybridized carbons (Fsp3) is 0.0357. The van der Waals surface area contributed by atoms with Crippen LogP contribution in [0.5, 0.6) is 0 Å². The van der Waals surface area contributed by atoms with Crippen molar-refractivity contribution in [2.75, 3.05) is 0 Å². The van der Waals surface area contributed by atoms with E-state index in [0.29, 0.717) is 22.1 Å². The van der Waals surface area contributed by atoms with Gasteiger partial charge in [0.1, 0.15) is 12.2 Å². The highest BCUT2D eigenvalue weighted by atomic mass is 16.5. The Kier molecular flexibility index (Phi) is 5.29. The number of hydrogen-bond acceptors (Lipinski definition) is 5. The van der Waals surface area contributed by atoms with Crippen LogP contribution < -0.4 is 5.63 Å². The fourth-order valence-corrected chi connectivity index (χ4v) is 3.96. The van der Waals surface area contributed by atoms with Crippen molar-refractivity contribution in [2.24, 2.45) is 0 Å². The molecular formula is C28H18O5. The summed E-state index contributed by atoms with van der Waals surface area (Å²) < 4.78 is 10.9. The molecule has 5 aromatic rings. The Morgan fingerprint density at radius 3 is 2.27 bits per heavy atom. The molecule has 0 aliphatic carbocycles. The Morgan fingerprint density at radius 2 is 1.45 bits per heavy atom. The van der Waals surface area contributed by atoms with E-state index in [1.54, 1.807) is 54.6 Å². The molecule has 33 heavy (non-hydrogen) atoms. The van der Waals surface area contributed by atoms with E-state index >= 15 is 0 Å². The first kappa shape index (κ1) is 20.4. The molecule has 0 bridgehead atoms. The lowest BCUT2D eigenvalue weighted by Gasteiger charge is -2.11. The molecule has 0 aliphatic heterocycles. The van der Waals surface area contributed by atoms with Gasteiger partial charge in [-0.15, -0.1) is 0 Å². The molecule has 0 spiro atoms. The third-order valence-corrected chi connectivity index (χ3v) is 5.50. The Balaban J connectivity index is 1.49. The van der Waals surface area contributed by atoms with Gasteiger partial charge in [0.15, 0.2) is 5.78 Å². The Morgan fingerprint density at radius 1 is 0.758 bits per heavy atom. The molecule has 5 rings (SSSR count). The normalized spacial score (nSPS) is 10.9. The maximum atomic E-state index is 13.0. The number of ketones is 1. The van der Waals surface area contributed by atoms with Crippen molar-refractivity contribution in [3.8, 4) is 0 Å². The summed E-state index contributed by atoms with van der Waals surface area (Å²) in [5.74, 6) is -0.906. The first-order chi connectivity index (χ1) is 16.1. The predicted molar refractivity (Wildman–Crippen MR) is 125 cm³/mol. The molecule has 4 aromatic carbocycles. The van der Waals surface area contributed by atoms with Gasteiger partial charge in [-0.05, 0) is 22.9 Å². The van der Waals surface area contributed by atoms with E-state index in [0.717, 1.165) is 10.8 Å². The van der Waals surface area contributed by atoms with Crippen LogP contribution in [0.25, 0.3) is 21.7 Å². The average Bonchev–Trinajstić information content (AvgIpc) is 2.86. The smallest absolute Gasteiger partial charge is 0.339 e. The summed E-state index contributed by atoms with van der Waals surface area (Å²) in [6.45, 7) is -0.136. The zero-order valence-electron chi connectivity index (χ0n) is 17.5. The van der Waals surface area contributed by atoms with Gasteiger partial charge in [0.25, 0.3) is 0 Å². The van der Waals surface area contributed by atoms with Crippen molar-refractivity contribution in [1.82, 2.24) is 0 Å². The molecule has 5 heteroatoms. The topological polar surface area (TPSA) is 73.6 Å². The highest BCUT2D eigenvalue weighted by Crippen LogP contribution is 2.28. The summed E-state index contributed by atoms with van der Waals surface area (Å²) in [6.07, 6.45) is 0. The maximum Gasteiger partial charge on any atom is 0.339 e. The molecule has 0 fully saturated rings.